The molecular weight excluding hydrogens is 382 g/mol. The Morgan fingerprint density at radius 2 is 2.04 bits per heavy atom. The van der Waals surface area contributed by atoms with Gasteiger partial charge in [0.2, 0.25) is 0 Å². The van der Waals surface area contributed by atoms with E-state index >= 15 is 0 Å². The van der Waals surface area contributed by atoms with Crippen LogP contribution in [0.25, 0.3) is 16.3 Å². The highest BCUT2D eigenvalue weighted by atomic mass is 35.5. The van der Waals surface area contributed by atoms with Crippen molar-refractivity contribution in [2.75, 3.05) is 5.32 Å². The molecule has 4 rings (SSSR count). The number of anilines is 1. The summed E-state index contributed by atoms with van der Waals surface area (Å²) in [6.45, 7) is 3.14. The van der Waals surface area contributed by atoms with Crippen LogP contribution >= 0.6 is 11.6 Å². The number of halogens is 5. The molecule has 0 spiro atoms. The third-order valence-electron chi connectivity index (χ3n) is 5.40. The van der Waals surface area contributed by atoms with Crippen LogP contribution in [0.15, 0.2) is 30.8 Å². The molecule has 1 aromatic carbocycles. The van der Waals surface area contributed by atoms with Crippen molar-refractivity contribution in [3.63, 3.8) is 0 Å². The first-order valence-electron chi connectivity index (χ1n) is 8.76. The van der Waals surface area contributed by atoms with Gasteiger partial charge in [-0.05, 0) is 31.4 Å². The number of alkyl halides is 4. The maximum atomic E-state index is 14.7. The molecular formula is C19H18ClF4N3. The lowest BCUT2D eigenvalue weighted by molar-refractivity contribution is -0.0688. The Kier molecular flexibility index (Phi) is 4.55. The Morgan fingerprint density at radius 3 is 2.78 bits per heavy atom. The second kappa shape index (κ2) is 6.63. The molecule has 2 bridgehead atoms. The van der Waals surface area contributed by atoms with E-state index in [1.54, 1.807) is 12.1 Å². The second-order valence-electron chi connectivity index (χ2n) is 7.15. The highest BCUT2D eigenvalue weighted by Gasteiger charge is 2.42. The molecule has 2 N–H and O–H groups in total. The maximum absolute atomic E-state index is 14.7. The minimum absolute atomic E-state index is 0.0701. The molecule has 1 aromatic heterocycles. The van der Waals surface area contributed by atoms with Crippen molar-refractivity contribution >= 4 is 33.6 Å². The van der Waals surface area contributed by atoms with Gasteiger partial charge in [-0.3, -0.25) is 0 Å². The van der Waals surface area contributed by atoms with Gasteiger partial charge in [-0.25, -0.2) is 9.37 Å². The van der Waals surface area contributed by atoms with E-state index < -0.39 is 24.0 Å². The Bertz CT molecular complexity index is 898. The van der Waals surface area contributed by atoms with Crippen LogP contribution in [0.4, 0.5) is 23.2 Å². The molecule has 0 saturated carbocycles. The van der Waals surface area contributed by atoms with Crippen LogP contribution < -0.4 is 10.6 Å². The van der Waals surface area contributed by atoms with Gasteiger partial charge < -0.3 is 10.6 Å². The summed E-state index contributed by atoms with van der Waals surface area (Å²) in [5.74, 6) is 0. The van der Waals surface area contributed by atoms with Gasteiger partial charge in [-0.2, -0.15) is 13.2 Å². The fourth-order valence-corrected chi connectivity index (χ4v) is 4.27. The van der Waals surface area contributed by atoms with E-state index in [1.807, 2.05) is 0 Å². The summed E-state index contributed by atoms with van der Waals surface area (Å²) in [5.41, 5.74) is -0.826. The van der Waals surface area contributed by atoms with Gasteiger partial charge in [-0.1, -0.05) is 30.3 Å². The summed E-state index contributed by atoms with van der Waals surface area (Å²) >= 11 is 5.99. The molecule has 0 unspecified atom stereocenters. The molecule has 3 heterocycles. The number of benzene rings is 1. The predicted octanol–water partition coefficient (Wildman–Crippen LogP) is 5.11. The third kappa shape index (κ3) is 3.38. The van der Waals surface area contributed by atoms with E-state index in [9.17, 15) is 17.6 Å². The fraction of sp³-hybridized carbons (Fsp3) is 0.421. The van der Waals surface area contributed by atoms with Crippen LogP contribution in [-0.4, -0.2) is 35.5 Å². The number of hydrogen-bond donors (Lipinski definition) is 2. The van der Waals surface area contributed by atoms with Gasteiger partial charge >= 0.3 is 6.18 Å². The molecule has 2 aromatic rings. The number of pyridine rings is 1. The minimum Gasteiger partial charge on any atom is -0.379 e. The van der Waals surface area contributed by atoms with Gasteiger partial charge in [0, 0.05) is 28.5 Å². The summed E-state index contributed by atoms with van der Waals surface area (Å²) < 4.78 is 54.2. The van der Waals surface area contributed by atoms with Crippen molar-refractivity contribution in [2.24, 2.45) is 0 Å². The quantitative estimate of drug-likeness (QED) is 0.556. The minimum atomic E-state index is -4.62. The smallest absolute Gasteiger partial charge is 0.379 e. The Hall–Kier alpha value is -1.86. The largest absolute Gasteiger partial charge is 0.417 e. The first-order chi connectivity index (χ1) is 12.7. The van der Waals surface area contributed by atoms with Crippen LogP contribution in [0.3, 0.4) is 0 Å². The summed E-state index contributed by atoms with van der Waals surface area (Å²) in [7, 11) is 0. The molecule has 8 heteroatoms. The molecule has 2 aliphatic rings. The van der Waals surface area contributed by atoms with Crippen molar-refractivity contribution in [2.45, 2.75) is 49.7 Å². The molecule has 0 amide bonds. The van der Waals surface area contributed by atoms with Crippen molar-refractivity contribution in [1.82, 2.24) is 10.3 Å². The molecule has 27 heavy (non-hydrogen) atoms. The lowest BCUT2D eigenvalue weighted by atomic mass is 9.96. The highest BCUT2D eigenvalue weighted by Crippen LogP contribution is 2.38. The molecule has 144 valence electrons. The predicted molar refractivity (Wildman–Crippen MR) is 98.7 cm³/mol. The lowest BCUT2D eigenvalue weighted by Crippen LogP contribution is -2.52. The molecule has 3 nitrogen and oxygen atoms in total. The van der Waals surface area contributed by atoms with E-state index in [2.05, 4.69) is 22.2 Å². The van der Waals surface area contributed by atoms with Gasteiger partial charge in [0.25, 0.3) is 0 Å². The zero-order chi connectivity index (χ0) is 19.3. The number of rotatable bonds is 3. The average Bonchev–Trinajstić information content (AvgIpc) is 3.01. The zero-order valence-electron chi connectivity index (χ0n) is 14.3. The Morgan fingerprint density at radius 1 is 1.26 bits per heavy atom. The molecule has 0 radical (unpaired) electrons. The molecule has 2 aliphatic heterocycles. The van der Waals surface area contributed by atoms with E-state index in [4.69, 9.17) is 11.6 Å². The van der Waals surface area contributed by atoms with Crippen LogP contribution in [0.1, 0.15) is 25.0 Å². The van der Waals surface area contributed by atoms with Gasteiger partial charge in [0.1, 0.15) is 11.3 Å². The Labute approximate surface area is 158 Å². The first-order valence-corrected chi connectivity index (χ1v) is 9.14. The average molecular weight is 400 g/mol. The number of fused-ring (bicyclic) bond motifs is 3. The summed E-state index contributed by atoms with van der Waals surface area (Å²) in [6.07, 6.45) is -3.34. The molecule has 2 saturated heterocycles. The second-order valence-corrected chi connectivity index (χ2v) is 7.54. The van der Waals surface area contributed by atoms with Crippen LogP contribution in [0.5, 0.6) is 0 Å². The topological polar surface area (TPSA) is 37.0 Å². The number of nitrogens with one attached hydrogen (secondary N) is 2. The van der Waals surface area contributed by atoms with Crippen LogP contribution in [0, 0.1) is 0 Å². The van der Waals surface area contributed by atoms with Crippen molar-refractivity contribution in [1.29, 1.82) is 0 Å². The normalized spacial score (nSPS) is 27.7. The van der Waals surface area contributed by atoms with Crippen LogP contribution in [0.2, 0.25) is 5.15 Å². The molecule has 2 fully saturated rings. The van der Waals surface area contributed by atoms with E-state index in [0.717, 1.165) is 12.8 Å². The summed E-state index contributed by atoms with van der Waals surface area (Å²) in [4.78, 5) is 3.84. The first kappa shape index (κ1) is 18.5. The number of allylic oxidation sites excluding steroid dienone is 1. The van der Waals surface area contributed by atoms with E-state index in [-0.39, 0.29) is 28.3 Å². The van der Waals surface area contributed by atoms with Gasteiger partial charge in [0.15, 0.2) is 0 Å². The van der Waals surface area contributed by atoms with E-state index in [0.29, 0.717) is 17.5 Å². The third-order valence-corrected chi connectivity index (χ3v) is 5.59. The van der Waals surface area contributed by atoms with Crippen molar-refractivity contribution < 1.29 is 17.6 Å². The molecule has 4 atom stereocenters. The number of hydrogen-bond acceptors (Lipinski definition) is 3. The lowest BCUT2D eigenvalue weighted by Gasteiger charge is -2.34. The number of piperidine rings is 1. The number of aromatic nitrogens is 1. The SMILES string of the molecule is C=C(c1nc(Cl)cc2c(N[C@@H]3C[C@H]4CC[C@H](N4)[C@@H]3F)cccc12)C(F)(F)F. The number of nitrogens with zero attached hydrogens (tertiary/aromatic N) is 1. The van der Waals surface area contributed by atoms with Crippen LogP contribution in [-0.2, 0) is 0 Å². The molecule has 0 aliphatic carbocycles. The maximum Gasteiger partial charge on any atom is 0.417 e. The van der Waals surface area contributed by atoms with Gasteiger partial charge in [-0.15, -0.1) is 0 Å². The fourth-order valence-electron chi connectivity index (χ4n) is 4.08. The standard InChI is InChI=1S/C19H18ClF4N3/c1-9(19(22,23)24)18-11-3-2-4-13(12(11)8-16(20)27-18)26-15-7-10-5-6-14(25-10)17(15)21/h2-4,8,10,14-15,17,25-26H,1,5-7H2/t10-,14+,15-,17+/m1/s1. The Balaban J connectivity index is 1.74. The monoisotopic (exact) mass is 399 g/mol. The van der Waals surface area contributed by atoms with Gasteiger partial charge in [0.05, 0.1) is 17.3 Å². The zero-order valence-corrected chi connectivity index (χ0v) is 15.0. The summed E-state index contributed by atoms with van der Waals surface area (Å²) in [5, 5.41) is 7.13. The summed E-state index contributed by atoms with van der Waals surface area (Å²) in [6, 6.07) is 6.05. The van der Waals surface area contributed by atoms with Crippen molar-refractivity contribution in [3.05, 3.63) is 41.7 Å². The highest BCUT2D eigenvalue weighted by molar-refractivity contribution is 6.30. The van der Waals surface area contributed by atoms with E-state index in [1.165, 1.54) is 12.1 Å². The van der Waals surface area contributed by atoms with Crippen molar-refractivity contribution in [3.8, 4) is 0 Å².